The number of nitrogens with zero attached hydrogens (tertiary/aromatic N) is 1. The van der Waals surface area contributed by atoms with Crippen LogP contribution in [-0.2, 0) is 17.6 Å². The predicted octanol–water partition coefficient (Wildman–Crippen LogP) is 2.14. The van der Waals surface area contributed by atoms with Crippen LogP contribution >= 0.6 is 12.4 Å². The lowest BCUT2D eigenvalue weighted by molar-refractivity contribution is -0.119. The molecular weight excluding hydrogens is 286 g/mol. The smallest absolute Gasteiger partial charge is 0.153 e. The molecule has 1 atom stereocenters. The number of pyridine rings is 1. The van der Waals surface area contributed by atoms with Crippen molar-refractivity contribution in [2.45, 2.75) is 25.3 Å². The maximum absolute atomic E-state index is 12.1. The largest absolute Gasteiger partial charge is 0.384 e. The van der Waals surface area contributed by atoms with Crippen molar-refractivity contribution in [1.29, 1.82) is 0 Å². The van der Waals surface area contributed by atoms with Gasteiger partial charge in [-0.25, -0.2) is 4.98 Å². The number of hydrogen-bond acceptors (Lipinski definition) is 4. The summed E-state index contributed by atoms with van der Waals surface area (Å²) in [6, 6.07) is 9.49. The van der Waals surface area contributed by atoms with Gasteiger partial charge in [0, 0.05) is 18.2 Å². The van der Waals surface area contributed by atoms with E-state index in [1.807, 2.05) is 18.2 Å². The van der Waals surface area contributed by atoms with Crippen molar-refractivity contribution in [2.75, 3.05) is 5.73 Å². The number of halogens is 1. The number of nitrogen functional groups attached to an aromatic ring is 1. The van der Waals surface area contributed by atoms with E-state index in [1.165, 1.54) is 5.56 Å². The van der Waals surface area contributed by atoms with Crippen LogP contribution in [0.25, 0.3) is 11.1 Å². The highest BCUT2D eigenvalue weighted by atomic mass is 35.5. The fraction of sp³-hybridized carbons (Fsp3) is 0.250. The summed E-state index contributed by atoms with van der Waals surface area (Å²) in [5.74, 6) is 0.605. The van der Waals surface area contributed by atoms with E-state index in [1.54, 1.807) is 12.3 Å². The summed E-state index contributed by atoms with van der Waals surface area (Å²) in [6.45, 7) is 0. The van der Waals surface area contributed by atoms with Gasteiger partial charge in [-0.2, -0.15) is 0 Å². The Balaban J connectivity index is 0.00000161. The summed E-state index contributed by atoms with van der Waals surface area (Å²) in [5, 5.41) is 0. The van der Waals surface area contributed by atoms with Gasteiger partial charge < -0.3 is 11.5 Å². The van der Waals surface area contributed by atoms with Crippen LogP contribution in [0.5, 0.6) is 0 Å². The molecule has 1 heterocycles. The molecule has 0 radical (unpaired) electrons. The molecule has 2 aromatic rings. The molecule has 3 rings (SSSR count). The van der Waals surface area contributed by atoms with Gasteiger partial charge in [-0.3, -0.25) is 4.79 Å². The maximum Gasteiger partial charge on any atom is 0.153 e. The Morgan fingerprint density at radius 3 is 2.71 bits per heavy atom. The molecular formula is C16H18ClN3O. The van der Waals surface area contributed by atoms with Gasteiger partial charge in [-0.05, 0) is 41.7 Å². The lowest BCUT2D eigenvalue weighted by atomic mass is 9.93. The van der Waals surface area contributed by atoms with Crippen LogP contribution in [0.2, 0.25) is 0 Å². The van der Waals surface area contributed by atoms with Gasteiger partial charge in [0.25, 0.3) is 0 Å². The minimum atomic E-state index is -0.347. The Kier molecular flexibility index (Phi) is 4.60. The summed E-state index contributed by atoms with van der Waals surface area (Å²) < 4.78 is 0. The first-order valence-electron chi connectivity index (χ1n) is 6.76. The number of Topliss-reactive ketones (excluding diaryl/α,β-unsaturated/α-hetero) is 1. The van der Waals surface area contributed by atoms with Crippen molar-refractivity contribution >= 4 is 24.0 Å². The SMILES string of the molecule is Cl.Nc1ccc(-c2cccc3c2CC(=O)C(N)CC3)cn1. The van der Waals surface area contributed by atoms with Gasteiger partial charge in [-0.15, -0.1) is 12.4 Å². The fourth-order valence-electron chi connectivity index (χ4n) is 2.69. The number of aryl methyl sites for hydroxylation is 1. The highest BCUT2D eigenvalue weighted by molar-refractivity contribution is 5.89. The van der Waals surface area contributed by atoms with Gasteiger partial charge in [0.15, 0.2) is 5.78 Å². The van der Waals surface area contributed by atoms with Crippen LogP contribution < -0.4 is 11.5 Å². The van der Waals surface area contributed by atoms with E-state index in [2.05, 4.69) is 11.1 Å². The van der Waals surface area contributed by atoms with Crippen LogP contribution in [-0.4, -0.2) is 16.8 Å². The van der Waals surface area contributed by atoms with Crippen molar-refractivity contribution in [2.24, 2.45) is 5.73 Å². The third-order valence-electron chi connectivity index (χ3n) is 3.86. The van der Waals surface area contributed by atoms with E-state index in [9.17, 15) is 4.79 Å². The lowest BCUT2D eigenvalue weighted by Crippen LogP contribution is -2.30. The Bertz CT molecular complexity index is 655. The van der Waals surface area contributed by atoms with Crippen molar-refractivity contribution in [3.8, 4) is 11.1 Å². The van der Waals surface area contributed by atoms with Gasteiger partial charge in [0.05, 0.1) is 6.04 Å². The van der Waals surface area contributed by atoms with Gasteiger partial charge in [-0.1, -0.05) is 18.2 Å². The third kappa shape index (κ3) is 3.06. The standard InChI is InChI=1S/C16H17N3O.ClH/c17-14-6-4-10-2-1-3-12(13(10)8-15(14)20)11-5-7-16(18)19-9-11;/h1-3,5,7,9,14H,4,6,8,17H2,(H2,18,19);1H. The average molecular weight is 304 g/mol. The van der Waals surface area contributed by atoms with E-state index in [4.69, 9.17) is 11.5 Å². The summed E-state index contributed by atoms with van der Waals surface area (Å²) in [5.41, 5.74) is 15.8. The van der Waals surface area contributed by atoms with Crippen molar-refractivity contribution in [3.63, 3.8) is 0 Å². The lowest BCUT2D eigenvalue weighted by Gasteiger charge is -2.12. The molecule has 0 fully saturated rings. The fourth-order valence-corrected chi connectivity index (χ4v) is 2.69. The Hall–Kier alpha value is -1.91. The van der Waals surface area contributed by atoms with Crippen LogP contribution in [0, 0.1) is 0 Å². The van der Waals surface area contributed by atoms with E-state index in [0.29, 0.717) is 12.2 Å². The van der Waals surface area contributed by atoms with Gasteiger partial charge in [0.1, 0.15) is 5.82 Å². The molecule has 0 amide bonds. The number of nitrogens with two attached hydrogens (primary N) is 2. The monoisotopic (exact) mass is 303 g/mol. The molecule has 1 unspecified atom stereocenters. The van der Waals surface area contributed by atoms with Crippen LogP contribution in [0.1, 0.15) is 17.5 Å². The molecule has 5 heteroatoms. The quantitative estimate of drug-likeness (QED) is 0.791. The zero-order valence-corrected chi connectivity index (χ0v) is 12.4. The molecule has 110 valence electrons. The first-order chi connectivity index (χ1) is 9.65. The Labute approximate surface area is 130 Å². The Morgan fingerprint density at radius 1 is 1.19 bits per heavy atom. The minimum absolute atomic E-state index is 0. The number of hydrogen-bond donors (Lipinski definition) is 2. The number of aromatic nitrogens is 1. The first-order valence-corrected chi connectivity index (χ1v) is 6.76. The zero-order valence-electron chi connectivity index (χ0n) is 11.6. The number of carbonyl (C=O) groups is 1. The highest BCUT2D eigenvalue weighted by Crippen LogP contribution is 2.29. The number of ketones is 1. The average Bonchev–Trinajstić information content (AvgIpc) is 2.60. The number of benzene rings is 1. The van der Waals surface area contributed by atoms with Crippen molar-refractivity contribution < 1.29 is 4.79 Å². The predicted molar refractivity (Wildman–Crippen MR) is 86.3 cm³/mol. The van der Waals surface area contributed by atoms with E-state index < -0.39 is 0 Å². The molecule has 0 saturated heterocycles. The van der Waals surface area contributed by atoms with Crippen LogP contribution in [0.15, 0.2) is 36.5 Å². The molecule has 1 aromatic carbocycles. The molecule has 1 aliphatic carbocycles. The normalized spacial score (nSPS) is 17.6. The topological polar surface area (TPSA) is 82.0 Å². The van der Waals surface area contributed by atoms with E-state index in [-0.39, 0.29) is 24.2 Å². The molecule has 21 heavy (non-hydrogen) atoms. The third-order valence-corrected chi connectivity index (χ3v) is 3.86. The summed E-state index contributed by atoms with van der Waals surface area (Å²) in [6.07, 6.45) is 3.71. The molecule has 4 N–H and O–H groups in total. The number of rotatable bonds is 1. The Morgan fingerprint density at radius 2 is 2.00 bits per heavy atom. The van der Waals surface area contributed by atoms with Crippen molar-refractivity contribution in [3.05, 3.63) is 47.7 Å². The molecule has 0 bridgehead atoms. The minimum Gasteiger partial charge on any atom is -0.384 e. The number of anilines is 1. The van der Waals surface area contributed by atoms with Crippen LogP contribution in [0.3, 0.4) is 0 Å². The maximum atomic E-state index is 12.1. The second-order valence-corrected chi connectivity index (χ2v) is 5.20. The molecule has 0 aliphatic heterocycles. The summed E-state index contributed by atoms with van der Waals surface area (Å²) in [4.78, 5) is 16.2. The molecule has 0 saturated carbocycles. The number of fused-ring (bicyclic) bond motifs is 1. The van der Waals surface area contributed by atoms with Crippen LogP contribution in [0.4, 0.5) is 5.82 Å². The number of carbonyl (C=O) groups excluding carboxylic acids is 1. The summed E-state index contributed by atoms with van der Waals surface area (Å²) >= 11 is 0. The second kappa shape index (κ2) is 6.24. The molecule has 1 aromatic heterocycles. The molecule has 4 nitrogen and oxygen atoms in total. The van der Waals surface area contributed by atoms with E-state index >= 15 is 0 Å². The van der Waals surface area contributed by atoms with Gasteiger partial charge >= 0.3 is 0 Å². The molecule has 1 aliphatic rings. The van der Waals surface area contributed by atoms with Gasteiger partial charge in [0.2, 0.25) is 0 Å². The molecule has 0 spiro atoms. The first kappa shape index (κ1) is 15.5. The highest BCUT2D eigenvalue weighted by Gasteiger charge is 2.22. The zero-order chi connectivity index (χ0) is 14.1. The second-order valence-electron chi connectivity index (χ2n) is 5.20. The van der Waals surface area contributed by atoms with E-state index in [0.717, 1.165) is 29.5 Å². The summed E-state index contributed by atoms with van der Waals surface area (Å²) in [7, 11) is 0. The van der Waals surface area contributed by atoms with Crippen molar-refractivity contribution in [1.82, 2.24) is 4.98 Å².